The summed E-state index contributed by atoms with van der Waals surface area (Å²) >= 11 is 4.08. The molecule has 6 atom stereocenters. The van der Waals surface area contributed by atoms with Crippen molar-refractivity contribution in [1.82, 2.24) is 4.31 Å². The largest absolute Gasteiger partial charge is 0.274 e. The Labute approximate surface area is 146 Å². The third kappa shape index (κ3) is 3.47. The van der Waals surface area contributed by atoms with E-state index in [1.54, 1.807) is 0 Å². The molecule has 130 valence electrons. The molecule has 0 N–H and O–H groups in total. The van der Waals surface area contributed by atoms with Gasteiger partial charge >= 0.3 is 0 Å². The average Bonchev–Trinajstić information content (AvgIpc) is 2.55. The van der Waals surface area contributed by atoms with Crippen LogP contribution in [0.15, 0.2) is 0 Å². The smallest absolute Gasteiger partial charge is 0.239 e. The highest BCUT2D eigenvalue weighted by Gasteiger charge is 2.47. The molecule has 0 aromatic carbocycles. The number of hydrogen-bond donors (Lipinski definition) is 1. The summed E-state index contributed by atoms with van der Waals surface area (Å²) in [5, 5.41) is 0. The molecule has 4 heteroatoms. The standard InChI is InChI=1S/C19H31NO2S/c1-12-7-9-16-15-6-4-3-5-14(15)8-10-17(16)18(12)11-19(22)20(23)13(2)21/h12,14-18,23H,3-11H2,1-2H3. The lowest BCUT2D eigenvalue weighted by molar-refractivity contribution is -0.138. The third-order valence-corrected chi connectivity index (χ3v) is 7.62. The summed E-state index contributed by atoms with van der Waals surface area (Å²) in [5.41, 5.74) is 0. The predicted molar refractivity (Wildman–Crippen MR) is 94.7 cm³/mol. The van der Waals surface area contributed by atoms with Crippen LogP contribution in [0.3, 0.4) is 0 Å². The number of fused-ring (bicyclic) bond motifs is 3. The third-order valence-electron chi connectivity index (χ3n) is 7.12. The zero-order valence-corrected chi connectivity index (χ0v) is 15.4. The van der Waals surface area contributed by atoms with E-state index in [1.807, 2.05) is 0 Å². The number of amides is 2. The molecule has 0 heterocycles. The predicted octanol–water partition coefficient (Wildman–Crippen LogP) is 4.48. The van der Waals surface area contributed by atoms with Crippen LogP contribution in [0.25, 0.3) is 0 Å². The second kappa shape index (κ2) is 7.16. The molecule has 3 saturated carbocycles. The second-order valence-electron chi connectivity index (χ2n) is 8.26. The minimum atomic E-state index is -0.269. The number of carbonyl (C=O) groups is 2. The van der Waals surface area contributed by atoms with Crippen LogP contribution in [0, 0.1) is 35.5 Å². The van der Waals surface area contributed by atoms with Crippen molar-refractivity contribution in [3.05, 3.63) is 0 Å². The lowest BCUT2D eigenvalue weighted by atomic mass is 9.53. The molecule has 0 aliphatic heterocycles. The SMILES string of the molecule is CC(=O)N(S)C(=O)CC1C(C)CCC2C3CCCCC3CCC12. The number of nitrogens with zero attached hydrogens (tertiary/aromatic N) is 1. The molecule has 0 saturated heterocycles. The quantitative estimate of drug-likeness (QED) is 0.755. The Balaban J connectivity index is 1.72. The lowest BCUT2D eigenvalue weighted by Crippen LogP contribution is -2.45. The van der Waals surface area contributed by atoms with Gasteiger partial charge in [-0.15, -0.1) is 0 Å². The Morgan fingerprint density at radius 2 is 1.65 bits per heavy atom. The van der Waals surface area contributed by atoms with E-state index in [1.165, 1.54) is 58.3 Å². The van der Waals surface area contributed by atoms with Crippen LogP contribution in [0.5, 0.6) is 0 Å². The van der Waals surface area contributed by atoms with Crippen LogP contribution in [0.2, 0.25) is 0 Å². The maximum absolute atomic E-state index is 12.4. The zero-order valence-electron chi connectivity index (χ0n) is 14.5. The maximum atomic E-state index is 12.4. The van der Waals surface area contributed by atoms with E-state index < -0.39 is 0 Å². The summed E-state index contributed by atoms with van der Waals surface area (Å²) in [5.74, 6) is 4.04. The summed E-state index contributed by atoms with van der Waals surface area (Å²) in [6.07, 6.45) is 11.4. The van der Waals surface area contributed by atoms with Gasteiger partial charge in [0.15, 0.2) is 0 Å². The maximum Gasteiger partial charge on any atom is 0.239 e. The van der Waals surface area contributed by atoms with Crippen molar-refractivity contribution in [2.75, 3.05) is 0 Å². The summed E-state index contributed by atoms with van der Waals surface area (Å²) in [6.45, 7) is 3.71. The molecule has 0 bridgehead atoms. The molecule has 3 rings (SSSR count). The molecule has 0 radical (unpaired) electrons. The van der Waals surface area contributed by atoms with Crippen molar-refractivity contribution in [2.24, 2.45) is 35.5 Å². The summed E-state index contributed by atoms with van der Waals surface area (Å²) < 4.78 is 1.02. The van der Waals surface area contributed by atoms with E-state index in [9.17, 15) is 9.59 Å². The Morgan fingerprint density at radius 1 is 0.957 bits per heavy atom. The Hall–Kier alpha value is -0.510. The van der Waals surface area contributed by atoms with E-state index in [0.29, 0.717) is 24.2 Å². The van der Waals surface area contributed by atoms with Crippen molar-refractivity contribution in [3.8, 4) is 0 Å². The van der Waals surface area contributed by atoms with Crippen LogP contribution in [0.1, 0.15) is 71.6 Å². The molecular weight excluding hydrogens is 306 g/mol. The first-order chi connectivity index (χ1) is 11.0. The van der Waals surface area contributed by atoms with E-state index >= 15 is 0 Å². The Kier molecular flexibility index (Phi) is 5.39. The van der Waals surface area contributed by atoms with Gasteiger partial charge in [0.25, 0.3) is 0 Å². The fourth-order valence-electron chi connectivity index (χ4n) is 5.96. The molecule has 0 aromatic heterocycles. The first-order valence-electron chi connectivity index (χ1n) is 9.51. The number of thiol groups is 1. The summed E-state index contributed by atoms with van der Waals surface area (Å²) in [7, 11) is 0. The fraction of sp³-hybridized carbons (Fsp3) is 0.895. The van der Waals surface area contributed by atoms with Crippen molar-refractivity contribution in [1.29, 1.82) is 0 Å². The second-order valence-corrected chi connectivity index (χ2v) is 8.66. The molecule has 3 nitrogen and oxygen atoms in total. The highest BCUT2D eigenvalue weighted by molar-refractivity contribution is 7.79. The lowest BCUT2D eigenvalue weighted by Gasteiger charge is -2.52. The topological polar surface area (TPSA) is 37.4 Å². The van der Waals surface area contributed by atoms with Gasteiger partial charge in [-0.1, -0.05) is 45.4 Å². The van der Waals surface area contributed by atoms with Crippen LogP contribution < -0.4 is 0 Å². The first-order valence-corrected chi connectivity index (χ1v) is 9.91. The van der Waals surface area contributed by atoms with Gasteiger partial charge in [0, 0.05) is 13.3 Å². The van der Waals surface area contributed by atoms with Crippen molar-refractivity contribution < 1.29 is 9.59 Å². The summed E-state index contributed by atoms with van der Waals surface area (Å²) in [6, 6.07) is 0. The molecule has 6 unspecified atom stereocenters. The van der Waals surface area contributed by atoms with Gasteiger partial charge in [-0.3, -0.25) is 9.59 Å². The van der Waals surface area contributed by atoms with Crippen LogP contribution in [0.4, 0.5) is 0 Å². The molecule has 3 aliphatic carbocycles. The molecule has 23 heavy (non-hydrogen) atoms. The Bertz CT molecular complexity index is 466. The van der Waals surface area contributed by atoms with E-state index in [-0.39, 0.29) is 11.8 Å². The molecule has 3 aliphatic rings. The van der Waals surface area contributed by atoms with Gasteiger partial charge in [0.05, 0.1) is 0 Å². The van der Waals surface area contributed by atoms with E-state index in [4.69, 9.17) is 0 Å². The average molecular weight is 338 g/mol. The monoisotopic (exact) mass is 337 g/mol. The van der Waals surface area contributed by atoms with Crippen molar-refractivity contribution in [3.63, 3.8) is 0 Å². The van der Waals surface area contributed by atoms with Crippen LogP contribution in [-0.2, 0) is 9.59 Å². The number of rotatable bonds is 2. The number of hydrogen-bond acceptors (Lipinski definition) is 3. The van der Waals surface area contributed by atoms with Gasteiger partial charge in [0.2, 0.25) is 11.8 Å². The van der Waals surface area contributed by atoms with E-state index in [2.05, 4.69) is 19.7 Å². The minimum Gasteiger partial charge on any atom is -0.274 e. The number of carbonyl (C=O) groups excluding carboxylic acids is 2. The van der Waals surface area contributed by atoms with E-state index in [0.717, 1.165) is 22.1 Å². The van der Waals surface area contributed by atoms with Gasteiger partial charge in [-0.2, -0.15) is 0 Å². The summed E-state index contributed by atoms with van der Waals surface area (Å²) in [4.78, 5) is 23.8. The van der Waals surface area contributed by atoms with Crippen LogP contribution in [-0.4, -0.2) is 16.1 Å². The van der Waals surface area contributed by atoms with Gasteiger partial charge in [-0.25, -0.2) is 4.31 Å². The van der Waals surface area contributed by atoms with Gasteiger partial charge < -0.3 is 0 Å². The zero-order chi connectivity index (χ0) is 16.6. The molecular formula is C19H31NO2S. The highest BCUT2D eigenvalue weighted by atomic mass is 32.1. The fourth-order valence-corrected chi connectivity index (χ4v) is 6.05. The van der Waals surface area contributed by atoms with Crippen molar-refractivity contribution >= 4 is 24.6 Å². The first kappa shape index (κ1) is 17.3. The van der Waals surface area contributed by atoms with Gasteiger partial charge in [-0.05, 0) is 61.2 Å². The molecule has 0 aromatic rings. The van der Waals surface area contributed by atoms with Gasteiger partial charge in [0.1, 0.15) is 0 Å². The molecule has 2 amide bonds. The molecule has 0 spiro atoms. The minimum absolute atomic E-state index is 0.107. The number of imide groups is 1. The van der Waals surface area contributed by atoms with Crippen molar-refractivity contribution in [2.45, 2.75) is 71.6 Å². The Morgan fingerprint density at radius 3 is 2.39 bits per heavy atom. The van der Waals surface area contributed by atoms with Crippen LogP contribution >= 0.6 is 12.8 Å². The molecule has 3 fully saturated rings. The highest BCUT2D eigenvalue weighted by Crippen LogP contribution is 2.55. The normalized spacial score (nSPS) is 40.0.